The summed E-state index contributed by atoms with van der Waals surface area (Å²) < 4.78 is 42.4. The lowest BCUT2D eigenvalue weighted by molar-refractivity contribution is 0.222. The minimum Gasteiger partial charge on any atom is -0.385 e. The van der Waals surface area contributed by atoms with Crippen LogP contribution in [0.2, 0.25) is 0 Å². The highest BCUT2D eigenvalue weighted by molar-refractivity contribution is 7.89. The fraction of sp³-hybridized carbons (Fsp3) is 0.269. The maximum Gasteiger partial charge on any atom is 0.243 e. The minimum atomic E-state index is -3.60. The number of rotatable bonds is 4. The number of hydrogen-bond donors (Lipinski definition) is 2. The zero-order chi connectivity index (χ0) is 24.7. The van der Waals surface area contributed by atoms with Crippen LogP contribution in [-0.4, -0.2) is 62.4 Å². The van der Waals surface area contributed by atoms with Crippen LogP contribution in [0.5, 0.6) is 0 Å². The molecule has 0 aliphatic carbocycles. The topological polar surface area (TPSA) is 91.6 Å². The molecule has 1 aromatic heterocycles. The lowest BCUT2D eigenvalue weighted by Crippen LogP contribution is -2.46. The van der Waals surface area contributed by atoms with E-state index in [1.807, 2.05) is 25.2 Å². The largest absolute Gasteiger partial charge is 0.385 e. The number of benzene rings is 2. The Labute approximate surface area is 205 Å². The molecule has 3 aromatic rings. The van der Waals surface area contributed by atoms with Crippen molar-refractivity contribution >= 4 is 21.5 Å². The van der Waals surface area contributed by atoms with E-state index in [4.69, 9.17) is 5.73 Å². The number of hydrogen-bond acceptors (Lipinski definition) is 6. The van der Waals surface area contributed by atoms with Gasteiger partial charge in [-0.25, -0.2) is 13.4 Å². The molecule has 3 N–H and O–H groups in total. The molecule has 0 bridgehead atoms. The van der Waals surface area contributed by atoms with Crippen LogP contribution in [0.25, 0.3) is 28.0 Å². The molecule has 3 heterocycles. The minimum absolute atomic E-state index is 0.105. The molecule has 5 rings (SSSR count). The van der Waals surface area contributed by atoms with Gasteiger partial charge in [-0.2, -0.15) is 8.70 Å². The Morgan fingerprint density at radius 1 is 0.971 bits per heavy atom. The molecule has 2 aliphatic rings. The van der Waals surface area contributed by atoms with Gasteiger partial charge in [-0.1, -0.05) is 36.9 Å². The third kappa shape index (κ3) is 4.42. The molecule has 0 radical (unpaired) electrons. The number of pyridine rings is 1. The molecule has 9 heteroatoms. The van der Waals surface area contributed by atoms with Crippen LogP contribution in [0.3, 0.4) is 0 Å². The summed E-state index contributed by atoms with van der Waals surface area (Å²) in [5.41, 5.74) is 11.5. The summed E-state index contributed by atoms with van der Waals surface area (Å²) >= 11 is 0. The van der Waals surface area contributed by atoms with E-state index in [0.29, 0.717) is 37.3 Å². The van der Waals surface area contributed by atoms with Crippen LogP contribution in [0.1, 0.15) is 11.1 Å². The first kappa shape index (κ1) is 23.5. The van der Waals surface area contributed by atoms with Crippen molar-refractivity contribution in [2.24, 2.45) is 0 Å². The number of nitrogen functional groups attached to an aromatic ring is 1. The van der Waals surface area contributed by atoms with Crippen LogP contribution in [0.4, 0.5) is 10.2 Å². The van der Waals surface area contributed by atoms with Gasteiger partial charge in [-0.15, -0.1) is 0 Å². The SMILES string of the molecule is C=C1NCCc2cc(-c3cc(-c4ccc(S(=O)(=O)N5CCN(C)CC5)cc4)c(F)nc3N)ccc21. The Kier molecular flexibility index (Phi) is 6.08. The summed E-state index contributed by atoms with van der Waals surface area (Å²) in [6, 6.07) is 13.9. The smallest absolute Gasteiger partial charge is 0.243 e. The maximum atomic E-state index is 14.9. The van der Waals surface area contributed by atoms with Crippen molar-refractivity contribution < 1.29 is 12.8 Å². The number of likely N-dealkylation sites (N-methyl/N-ethyl adjacent to an activating group) is 1. The standard InChI is InChI=1S/C26H28FN5O2S/c1-17-22-8-5-19(15-20(22)9-10-29-17)24-16-23(25(27)30-26(24)28)18-3-6-21(7-4-18)35(33,34)32-13-11-31(2)12-14-32/h3-8,15-16,29H,1,9-14H2,2H3,(H2,28,30). The number of halogens is 1. The number of fused-ring (bicyclic) bond motifs is 1. The molecule has 35 heavy (non-hydrogen) atoms. The highest BCUT2D eigenvalue weighted by Gasteiger charge is 2.27. The fourth-order valence-electron chi connectivity index (χ4n) is 4.63. The van der Waals surface area contributed by atoms with Gasteiger partial charge in [0.2, 0.25) is 16.0 Å². The zero-order valence-corrected chi connectivity index (χ0v) is 20.4. The third-order valence-electron chi connectivity index (χ3n) is 6.74. The van der Waals surface area contributed by atoms with E-state index in [9.17, 15) is 12.8 Å². The number of nitrogens with two attached hydrogens (primary N) is 1. The molecule has 0 unspecified atom stereocenters. The molecule has 0 atom stereocenters. The predicted octanol–water partition coefficient (Wildman–Crippen LogP) is 3.19. The summed E-state index contributed by atoms with van der Waals surface area (Å²) in [4.78, 5) is 6.24. The Morgan fingerprint density at radius 2 is 1.66 bits per heavy atom. The van der Waals surface area contributed by atoms with Crippen molar-refractivity contribution in [1.82, 2.24) is 19.5 Å². The van der Waals surface area contributed by atoms with E-state index in [-0.39, 0.29) is 16.3 Å². The Balaban J connectivity index is 1.47. The lowest BCUT2D eigenvalue weighted by atomic mass is 9.93. The quantitative estimate of drug-likeness (QED) is 0.543. The molecule has 182 valence electrons. The third-order valence-corrected chi connectivity index (χ3v) is 8.66. The van der Waals surface area contributed by atoms with E-state index in [1.165, 1.54) is 16.4 Å². The highest BCUT2D eigenvalue weighted by Crippen LogP contribution is 2.34. The molecule has 0 saturated carbocycles. The number of aromatic nitrogens is 1. The lowest BCUT2D eigenvalue weighted by Gasteiger charge is -2.31. The van der Waals surface area contributed by atoms with Crippen molar-refractivity contribution in [1.29, 1.82) is 0 Å². The number of sulfonamides is 1. The Morgan fingerprint density at radius 3 is 2.37 bits per heavy atom. The van der Waals surface area contributed by atoms with Gasteiger partial charge in [0.15, 0.2) is 0 Å². The molecule has 1 fully saturated rings. The van der Waals surface area contributed by atoms with E-state index in [0.717, 1.165) is 35.4 Å². The number of nitrogens with one attached hydrogen (secondary N) is 1. The summed E-state index contributed by atoms with van der Waals surface area (Å²) in [6.07, 6.45) is 0.854. The Hall–Kier alpha value is -3.27. The average molecular weight is 494 g/mol. The summed E-state index contributed by atoms with van der Waals surface area (Å²) in [5, 5.41) is 3.26. The first-order valence-electron chi connectivity index (χ1n) is 11.6. The Bertz CT molecular complexity index is 1400. The first-order chi connectivity index (χ1) is 16.7. The van der Waals surface area contributed by atoms with Gasteiger partial charge >= 0.3 is 0 Å². The van der Waals surface area contributed by atoms with Crippen molar-refractivity contribution in [2.75, 3.05) is 45.5 Å². The molecule has 1 saturated heterocycles. The molecule has 7 nitrogen and oxygen atoms in total. The monoisotopic (exact) mass is 493 g/mol. The van der Waals surface area contributed by atoms with Crippen LogP contribution in [-0.2, 0) is 16.4 Å². The summed E-state index contributed by atoms with van der Waals surface area (Å²) in [5.74, 6) is -0.593. The summed E-state index contributed by atoms with van der Waals surface area (Å²) in [7, 11) is -1.63. The average Bonchev–Trinajstić information content (AvgIpc) is 2.84. The van der Waals surface area contributed by atoms with E-state index < -0.39 is 16.0 Å². The maximum absolute atomic E-state index is 14.9. The zero-order valence-electron chi connectivity index (χ0n) is 19.6. The van der Waals surface area contributed by atoms with Gasteiger partial charge in [0.05, 0.1) is 4.90 Å². The highest BCUT2D eigenvalue weighted by atomic mass is 32.2. The predicted molar refractivity (Wildman–Crippen MR) is 136 cm³/mol. The van der Waals surface area contributed by atoms with Gasteiger partial charge in [-0.05, 0) is 48.4 Å². The number of piperazine rings is 1. The van der Waals surface area contributed by atoms with Crippen LogP contribution in [0, 0.1) is 5.95 Å². The first-order valence-corrected chi connectivity index (χ1v) is 13.0. The van der Waals surface area contributed by atoms with E-state index in [2.05, 4.69) is 21.8 Å². The van der Waals surface area contributed by atoms with E-state index in [1.54, 1.807) is 18.2 Å². The van der Waals surface area contributed by atoms with Crippen molar-refractivity contribution in [3.63, 3.8) is 0 Å². The van der Waals surface area contributed by atoms with Crippen molar-refractivity contribution in [2.45, 2.75) is 11.3 Å². The molecular formula is C26H28FN5O2S. The van der Waals surface area contributed by atoms with Gasteiger partial charge in [-0.3, -0.25) is 0 Å². The van der Waals surface area contributed by atoms with Gasteiger partial charge in [0, 0.05) is 55.1 Å². The molecule has 0 spiro atoms. The van der Waals surface area contributed by atoms with Crippen LogP contribution >= 0.6 is 0 Å². The van der Waals surface area contributed by atoms with Crippen molar-refractivity contribution in [3.8, 4) is 22.3 Å². The van der Waals surface area contributed by atoms with Crippen LogP contribution < -0.4 is 11.1 Å². The van der Waals surface area contributed by atoms with Gasteiger partial charge in [0.1, 0.15) is 5.82 Å². The normalized spacial score (nSPS) is 17.1. The van der Waals surface area contributed by atoms with Gasteiger partial charge < -0.3 is 16.0 Å². The second-order valence-electron chi connectivity index (χ2n) is 9.02. The second kappa shape index (κ2) is 9.07. The molecule has 2 aromatic carbocycles. The number of nitrogens with zero attached hydrogens (tertiary/aromatic N) is 3. The molecular weight excluding hydrogens is 465 g/mol. The fourth-order valence-corrected chi connectivity index (χ4v) is 6.05. The van der Waals surface area contributed by atoms with Gasteiger partial charge in [0.25, 0.3) is 0 Å². The molecule has 0 amide bonds. The second-order valence-corrected chi connectivity index (χ2v) is 11.0. The van der Waals surface area contributed by atoms with Crippen molar-refractivity contribution in [3.05, 3.63) is 72.2 Å². The van der Waals surface area contributed by atoms with E-state index >= 15 is 0 Å². The number of anilines is 1. The van der Waals surface area contributed by atoms with Crippen LogP contribution in [0.15, 0.2) is 60.0 Å². The molecule has 2 aliphatic heterocycles. The summed E-state index contributed by atoms with van der Waals surface area (Å²) in [6.45, 7) is 7.14.